The Morgan fingerprint density at radius 2 is 2.07 bits per heavy atom. The van der Waals surface area contributed by atoms with Crippen LogP contribution in [0.5, 0.6) is 0 Å². The lowest BCUT2D eigenvalue weighted by molar-refractivity contribution is 0.168. The third-order valence-corrected chi connectivity index (χ3v) is 7.39. The van der Waals surface area contributed by atoms with Gasteiger partial charge in [0.1, 0.15) is 18.1 Å². The zero-order valence-electron chi connectivity index (χ0n) is 16.0. The van der Waals surface area contributed by atoms with E-state index in [1.165, 1.54) is 0 Å². The van der Waals surface area contributed by atoms with Crippen LogP contribution in [-0.4, -0.2) is 54.5 Å². The van der Waals surface area contributed by atoms with Crippen LogP contribution in [0.4, 0.5) is 0 Å². The van der Waals surface area contributed by atoms with E-state index in [0.717, 1.165) is 18.4 Å². The smallest absolute Gasteiger partial charge is 0.456 e. The predicted molar refractivity (Wildman–Crippen MR) is 106 cm³/mol. The molecule has 2 aliphatic heterocycles. The number of rotatable bonds is 8. The highest BCUT2D eigenvalue weighted by Crippen LogP contribution is 2.39. The maximum Gasteiger partial charge on any atom is 0.456 e. The number of hydrogen-bond donors (Lipinski definition) is 3. The summed E-state index contributed by atoms with van der Waals surface area (Å²) < 4.78 is 36.0. The zero-order chi connectivity index (χ0) is 20.3. The molecule has 0 amide bonds. The normalized spacial score (nSPS) is 24.7. The van der Waals surface area contributed by atoms with Gasteiger partial charge in [0.05, 0.1) is 23.7 Å². The largest absolute Gasteiger partial charge is 0.459 e. The number of aliphatic hydroxyl groups excluding tert-OH is 2. The van der Waals surface area contributed by atoms with Gasteiger partial charge in [0.2, 0.25) is 0 Å². The highest BCUT2D eigenvalue weighted by Gasteiger charge is 2.48. The molecule has 3 rings (SSSR count). The first-order chi connectivity index (χ1) is 13.4. The topological polar surface area (TPSA) is 117 Å². The van der Waals surface area contributed by atoms with E-state index >= 15 is 0 Å². The Morgan fingerprint density at radius 3 is 2.71 bits per heavy atom. The number of hydrogen-bond acceptors (Lipinski definition) is 7. The molecule has 1 fully saturated rings. The third-order valence-electron chi connectivity index (χ3n) is 5.32. The highest BCUT2D eigenvalue weighted by atomic mass is 32.2. The molecule has 7 nitrogen and oxygen atoms in total. The molecule has 0 aliphatic carbocycles. The Morgan fingerprint density at radius 1 is 1.29 bits per heavy atom. The molecule has 1 aromatic rings. The molecule has 3 N–H and O–H groups in total. The van der Waals surface area contributed by atoms with Gasteiger partial charge in [-0.1, -0.05) is 18.9 Å². The van der Waals surface area contributed by atoms with Gasteiger partial charge in [0.15, 0.2) is 9.84 Å². The van der Waals surface area contributed by atoms with Crippen molar-refractivity contribution in [3.8, 4) is 0 Å². The Balaban J connectivity index is 1.78. The summed E-state index contributed by atoms with van der Waals surface area (Å²) in [6, 6.07) is 3.52. The van der Waals surface area contributed by atoms with Gasteiger partial charge in [0, 0.05) is 6.32 Å². The summed E-state index contributed by atoms with van der Waals surface area (Å²) in [4.78, 5) is 0. The predicted octanol–water partition coefficient (Wildman–Crippen LogP) is 1.70. The van der Waals surface area contributed by atoms with E-state index in [-0.39, 0.29) is 25.3 Å². The molecular weight excluding hydrogens is 383 g/mol. The number of sulfone groups is 1. The van der Waals surface area contributed by atoms with Crippen LogP contribution in [0.2, 0.25) is 6.32 Å². The van der Waals surface area contributed by atoms with E-state index < -0.39 is 28.3 Å². The van der Waals surface area contributed by atoms with E-state index in [1.807, 2.05) is 6.08 Å². The molecule has 9 heteroatoms. The molecule has 0 aromatic carbocycles. The summed E-state index contributed by atoms with van der Waals surface area (Å²) in [5.41, 5.74) is 2.25. The fourth-order valence-electron chi connectivity index (χ4n) is 4.08. The van der Waals surface area contributed by atoms with Gasteiger partial charge in [-0.05, 0) is 48.6 Å². The van der Waals surface area contributed by atoms with Crippen molar-refractivity contribution in [2.45, 2.75) is 56.9 Å². The van der Waals surface area contributed by atoms with Crippen molar-refractivity contribution in [3.63, 3.8) is 0 Å². The molecule has 3 heterocycles. The second-order valence-corrected chi connectivity index (χ2v) is 9.56. The van der Waals surface area contributed by atoms with Crippen molar-refractivity contribution in [2.24, 2.45) is 0 Å². The van der Waals surface area contributed by atoms with E-state index in [9.17, 15) is 18.5 Å². The van der Waals surface area contributed by atoms with Crippen LogP contribution >= 0.6 is 0 Å². The van der Waals surface area contributed by atoms with Crippen molar-refractivity contribution < 1.29 is 32.7 Å². The van der Waals surface area contributed by atoms with Crippen LogP contribution in [-0.2, 0) is 21.1 Å². The minimum absolute atomic E-state index is 0.0195. The molecule has 1 aromatic heterocycles. The van der Waals surface area contributed by atoms with Crippen LogP contribution in [0.1, 0.15) is 44.1 Å². The molecular formula is C19H27BO7S. The van der Waals surface area contributed by atoms with Crippen molar-refractivity contribution in [1.29, 1.82) is 0 Å². The molecule has 0 unspecified atom stereocenters. The van der Waals surface area contributed by atoms with Gasteiger partial charge in [-0.15, -0.1) is 0 Å². The summed E-state index contributed by atoms with van der Waals surface area (Å²) in [6.45, 7) is 1.61. The summed E-state index contributed by atoms with van der Waals surface area (Å²) in [5, 5.41) is 28.0. The third kappa shape index (κ3) is 4.60. The van der Waals surface area contributed by atoms with Gasteiger partial charge >= 0.3 is 7.12 Å². The molecule has 0 bridgehead atoms. The SMILES string of the molecule is CCC/C(=C\c1ccc(CO)o1)CC[C@H]1OB(O)C[C@H]2C1=C(CO)CS2(=O)=O. The average molecular weight is 410 g/mol. The zero-order valence-corrected chi connectivity index (χ0v) is 16.8. The second-order valence-electron chi connectivity index (χ2n) is 7.38. The minimum atomic E-state index is -3.40. The standard InChI is InChI=1S/C19H27BO7S/c1-2-3-13(8-15-5-6-16(11-22)26-15)4-7-17-19-14(10-21)12-28(24,25)18(19)9-20(23)27-17/h5-6,8,17-18,21-23H,2-4,7,9-12H2,1H3/b13-8+/t17-,18+/m1/s1. The van der Waals surface area contributed by atoms with Gasteiger partial charge in [-0.25, -0.2) is 8.42 Å². The fraction of sp³-hybridized carbons (Fsp3) is 0.579. The molecule has 0 radical (unpaired) electrons. The van der Waals surface area contributed by atoms with E-state index in [2.05, 4.69) is 6.92 Å². The van der Waals surface area contributed by atoms with E-state index in [0.29, 0.717) is 35.5 Å². The molecule has 28 heavy (non-hydrogen) atoms. The van der Waals surface area contributed by atoms with Crippen LogP contribution < -0.4 is 0 Å². The fourth-order valence-corrected chi connectivity index (χ4v) is 6.19. The summed E-state index contributed by atoms with van der Waals surface area (Å²) in [6.07, 6.45) is 4.37. The Bertz CT molecular complexity index is 855. The monoisotopic (exact) mass is 410 g/mol. The van der Waals surface area contributed by atoms with Crippen LogP contribution in [0.25, 0.3) is 6.08 Å². The summed E-state index contributed by atoms with van der Waals surface area (Å²) in [5.74, 6) is 0.996. The van der Waals surface area contributed by atoms with Crippen molar-refractivity contribution in [1.82, 2.24) is 0 Å². The molecule has 2 atom stereocenters. The van der Waals surface area contributed by atoms with Crippen molar-refractivity contribution in [3.05, 3.63) is 40.4 Å². The van der Waals surface area contributed by atoms with Crippen molar-refractivity contribution in [2.75, 3.05) is 12.4 Å². The number of fused-ring (bicyclic) bond motifs is 1. The van der Waals surface area contributed by atoms with Crippen LogP contribution in [0.15, 0.2) is 33.3 Å². The lowest BCUT2D eigenvalue weighted by atomic mass is 9.74. The molecule has 154 valence electrons. The van der Waals surface area contributed by atoms with E-state index in [4.69, 9.17) is 14.2 Å². The maximum absolute atomic E-state index is 12.4. The Hall–Kier alpha value is -1.39. The number of furan rings is 1. The Kier molecular flexibility index (Phi) is 6.83. The first-order valence-electron chi connectivity index (χ1n) is 9.64. The van der Waals surface area contributed by atoms with E-state index in [1.54, 1.807) is 12.1 Å². The van der Waals surface area contributed by atoms with Gasteiger partial charge in [-0.3, -0.25) is 0 Å². The Labute approximate surface area is 165 Å². The minimum Gasteiger partial charge on any atom is -0.459 e. The molecule has 0 saturated carbocycles. The van der Waals surface area contributed by atoms with Gasteiger partial charge in [-0.2, -0.15) is 0 Å². The summed E-state index contributed by atoms with van der Waals surface area (Å²) >= 11 is 0. The first kappa shape index (κ1) is 21.3. The van der Waals surface area contributed by atoms with Gasteiger partial charge < -0.3 is 24.3 Å². The highest BCUT2D eigenvalue weighted by molar-refractivity contribution is 7.92. The first-order valence-corrected chi connectivity index (χ1v) is 11.4. The lowest BCUT2D eigenvalue weighted by Crippen LogP contribution is -2.42. The lowest BCUT2D eigenvalue weighted by Gasteiger charge is -2.32. The molecule has 0 spiro atoms. The second kappa shape index (κ2) is 8.96. The maximum atomic E-state index is 12.4. The van der Waals surface area contributed by atoms with Crippen LogP contribution in [0, 0.1) is 0 Å². The summed E-state index contributed by atoms with van der Waals surface area (Å²) in [7, 11) is -4.52. The quantitative estimate of drug-likeness (QED) is 0.441. The molecule has 2 aliphatic rings. The molecule has 1 saturated heterocycles. The number of allylic oxidation sites excluding steroid dienone is 1. The van der Waals surface area contributed by atoms with Crippen LogP contribution in [0.3, 0.4) is 0 Å². The van der Waals surface area contributed by atoms with Crippen molar-refractivity contribution >= 4 is 23.0 Å². The average Bonchev–Trinajstić information content (AvgIpc) is 3.21. The van der Waals surface area contributed by atoms with Gasteiger partial charge in [0.25, 0.3) is 0 Å². The number of aliphatic hydroxyl groups is 2.